The summed E-state index contributed by atoms with van der Waals surface area (Å²) >= 11 is 0. The van der Waals surface area contributed by atoms with E-state index in [1.165, 1.54) is 6.07 Å². The van der Waals surface area contributed by atoms with Crippen LogP contribution in [-0.2, 0) is 4.79 Å². The monoisotopic (exact) mass is 327 g/mol. The smallest absolute Gasteiger partial charge is 0.265 e. The Balaban J connectivity index is 1.75. The number of carbonyl (C=O) groups excluding carboxylic acids is 1. The molecule has 3 nitrogen and oxygen atoms in total. The number of carbonyl (C=O) groups is 1. The highest BCUT2D eigenvalue weighted by Crippen LogP contribution is 2.26. The van der Waals surface area contributed by atoms with Crippen molar-refractivity contribution in [3.8, 4) is 5.75 Å². The zero-order chi connectivity index (χ0) is 17.1. The molecule has 0 aromatic heterocycles. The van der Waals surface area contributed by atoms with Gasteiger partial charge in [0.15, 0.2) is 17.7 Å². The van der Waals surface area contributed by atoms with Gasteiger partial charge in [0.1, 0.15) is 5.75 Å². The molecule has 0 saturated carbocycles. The normalized spacial score (nSPS) is 12.0. The van der Waals surface area contributed by atoms with Crippen LogP contribution in [0.25, 0.3) is 10.8 Å². The molecule has 3 aromatic carbocycles. The summed E-state index contributed by atoms with van der Waals surface area (Å²) in [6.07, 6.45) is -0.802. The molecule has 1 atom stereocenters. The lowest BCUT2D eigenvalue weighted by Crippen LogP contribution is -2.30. The van der Waals surface area contributed by atoms with Gasteiger partial charge in [-0.2, -0.15) is 0 Å². The highest BCUT2D eigenvalue weighted by molar-refractivity contribution is 5.95. The molecular formula is C19H15F2NO2. The lowest BCUT2D eigenvalue weighted by atomic mass is 10.1. The van der Waals surface area contributed by atoms with Gasteiger partial charge < -0.3 is 10.1 Å². The third-order valence-electron chi connectivity index (χ3n) is 3.61. The molecule has 0 bridgehead atoms. The molecule has 0 heterocycles. The van der Waals surface area contributed by atoms with Crippen molar-refractivity contribution in [2.75, 3.05) is 5.32 Å². The third-order valence-corrected chi connectivity index (χ3v) is 3.61. The minimum atomic E-state index is -1.02. The Bertz CT molecular complexity index is 890. The predicted octanol–water partition coefficient (Wildman–Crippen LogP) is 4.52. The van der Waals surface area contributed by atoms with Crippen LogP contribution in [0.1, 0.15) is 6.92 Å². The number of fused-ring (bicyclic) bond motifs is 1. The average Bonchev–Trinajstić information content (AvgIpc) is 2.58. The number of anilines is 1. The highest BCUT2D eigenvalue weighted by atomic mass is 19.2. The standard InChI is InChI=1S/C19H15F2NO2/c1-12(19(23)22-14-9-10-16(20)17(21)11-14)24-18-8-4-6-13-5-2-3-7-15(13)18/h2-12H,1H3,(H,22,23)/t12-/m0/s1. The van der Waals surface area contributed by atoms with Gasteiger partial charge in [-0.3, -0.25) is 4.79 Å². The van der Waals surface area contributed by atoms with Crippen molar-refractivity contribution >= 4 is 22.4 Å². The van der Waals surface area contributed by atoms with E-state index in [2.05, 4.69) is 5.32 Å². The van der Waals surface area contributed by atoms with Gasteiger partial charge in [0, 0.05) is 17.1 Å². The maximum Gasteiger partial charge on any atom is 0.265 e. The maximum absolute atomic E-state index is 13.2. The summed E-state index contributed by atoms with van der Waals surface area (Å²) in [5, 5.41) is 4.41. The summed E-state index contributed by atoms with van der Waals surface area (Å²) in [5.74, 6) is -1.85. The van der Waals surface area contributed by atoms with E-state index in [9.17, 15) is 13.6 Å². The van der Waals surface area contributed by atoms with Gasteiger partial charge in [0.2, 0.25) is 0 Å². The topological polar surface area (TPSA) is 38.3 Å². The number of nitrogens with one attached hydrogen (secondary N) is 1. The maximum atomic E-state index is 13.2. The van der Waals surface area contributed by atoms with Gasteiger partial charge in [-0.1, -0.05) is 36.4 Å². The fourth-order valence-corrected chi connectivity index (χ4v) is 2.36. The summed E-state index contributed by atoms with van der Waals surface area (Å²) in [7, 11) is 0. The molecule has 122 valence electrons. The van der Waals surface area contributed by atoms with Crippen LogP contribution in [0, 0.1) is 11.6 Å². The Morgan fingerprint density at radius 3 is 2.54 bits per heavy atom. The molecule has 0 radical (unpaired) electrons. The second kappa shape index (κ2) is 6.66. The Kier molecular flexibility index (Phi) is 4.42. The number of amides is 1. The van der Waals surface area contributed by atoms with Crippen LogP contribution in [0.5, 0.6) is 5.75 Å². The van der Waals surface area contributed by atoms with E-state index in [0.29, 0.717) is 5.75 Å². The summed E-state index contributed by atoms with van der Waals surface area (Å²) < 4.78 is 31.8. The number of hydrogen-bond acceptors (Lipinski definition) is 2. The van der Waals surface area contributed by atoms with Gasteiger partial charge in [0.25, 0.3) is 5.91 Å². The first-order chi connectivity index (χ1) is 11.5. The Hall–Kier alpha value is -2.95. The zero-order valence-electron chi connectivity index (χ0n) is 12.9. The van der Waals surface area contributed by atoms with Gasteiger partial charge in [-0.25, -0.2) is 8.78 Å². The molecule has 1 amide bonds. The minimum absolute atomic E-state index is 0.173. The quantitative estimate of drug-likeness (QED) is 0.765. The van der Waals surface area contributed by atoms with Crippen molar-refractivity contribution in [1.82, 2.24) is 0 Å². The second-order valence-corrected chi connectivity index (χ2v) is 5.36. The first kappa shape index (κ1) is 15.9. The lowest BCUT2D eigenvalue weighted by Gasteiger charge is -2.16. The number of rotatable bonds is 4. The molecule has 0 aliphatic heterocycles. The van der Waals surface area contributed by atoms with Crippen LogP contribution in [0.2, 0.25) is 0 Å². The van der Waals surface area contributed by atoms with Gasteiger partial charge in [-0.15, -0.1) is 0 Å². The van der Waals surface area contributed by atoms with Gasteiger partial charge in [0.05, 0.1) is 0 Å². The van der Waals surface area contributed by atoms with Crippen molar-refractivity contribution in [1.29, 1.82) is 0 Å². The summed E-state index contributed by atoms with van der Waals surface area (Å²) in [5.41, 5.74) is 0.173. The van der Waals surface area contributed by atoms with E-state index in [0.717, 1.165) is 22.9 Å². The average molecular weight is 327 g/mol. The Morgan fingerprint density at radius 1 is 1.00 bits per heavy atom. The summed E-state index contributed by atoms with van der Waals surface area (Å²) in [6.45, 7) is 1.59. The molecule has 0 aliphatic carbocycles. The Labute approximate surface area is 137 Å². The van der Waals surface area contributed by atoms with Crippen LogP contribution < -0.4 is 10.1 Å². The second-order valence-electron chi connectivity index (χ2n) is 5.36. The van der Waals surface area contributed by atoms with E-state index >= 15 is 0 Å². The molecule has 5 heteroatoms. The van der Waals surface area contributed by atoms with Crippen molar-refractivity contribution in [3.63, 3.8) is 0 Å². The predicted molar refractivity (Wildman–Crippen MR) is 89.0 cm³/mol. The van der Waals surface area contributed by atoms with Crippen molar-refractivity contribution in [3.05, 3.63) is 72.3 Å². The fourth-order valence-electron chi connectivity index (χ4n) is 2.36. The molecule has 0 saturated heterocycles. The van der Waals surface area contributed by atoms with E-state index in [4.69, 9.17) is 4.74 Å². The Morgan fingerprint density at radius 2 is 1.75 bits per heavy atom. The lowest BCUT2D eigenvalue weighted by molar-refractivity contribution is -0.122. The van der Waals surface area contributed by atoms with E-state index in [1.807, 2.05) is 36.4 Å². The largest absolute Gasteiger partial charge is 0.480 e. The molecule has 0 spiro atoms. The molecule has 3 rings (SSSR count). The van der Waals surface area contributed by atoms with E-state index in [-0.39, 0.29) is 5.69 Å². The number of benzene rings is 3. The highest BCUT2D eigenvalue weighted by Gasteiger charge is 2.16. The number of ether oxygens (including phenoxy) is 1. The fraction of sp³-hybridized carbons (Fsp3) is 0.105. The SMILES string of the molecule is C[C@H](Oc1cccc2ccccc12)C(=O)Nc1ccc(F)c(F)c1. The van der Waals surface area contributed by atoms with Crippen molar-refractivity contribution in [2.24, 2.45) is 0 Å². The number of halogens is 2. The van der Waals surface area contributed by atoms with E-state index in [1.54, 1.807) is 13.0 Å². The molecule has 0 aliphatic rings. The molecule has 0 fully saturated rings. The molecule has 24 heavy (non-hydrogen) atoms. The first-order valence-electron chi connectivity index (χ1n) is 7.45. The molecule has 0 unspecified atom stereocenters. The van der Waals surface area contributed by atoms with Gasteiger partial charge in [-0.05, 0) is 30.5 Å². The summed E-state index contributed by atoms with van der Waals surface area (Å²) in [4.78, 5) is 12.2. The van der Waals surface area contributed by atoms with Crippen LogP contribution in [0.3, 0.4) is 0 Å². The molecular weight excluding hydrogens is 312 g/mol. The van der Waals surface area contributed by atoms with Gasteiger partial charge >= 0.3 is 0 Å². The van der Waals surface area contributed by atoms with Crippen LogP contribution in [0.15, 0.2) is 60.7 Å². The van der Waals surface area contributed by atoms with Crippen LogP contribution >= 0.6 is 0 Å². The van der Waals surface area contributed by atoms with E-state index < -0.39 is 23.6 Å². The van der Waals surface area contributed by atoms with Crippen molar-refractivity contribution in [2.45, 2.75) is 13.0 Å². The van der Waals surface area contributed by atoms with Crippen LogP contribution in [-0.4, -0.2) is 12.0 Å². The third kappa shape index (κ3) is 3.35. The number of hydrogen-bond donors (Lipinski definition) is 1. The van der Waals surface area contributed by atoms with Crippen molar-refractivity contribution < 1.29 is 18.3 Å². The van der Waals surface area contributed by atoms with Crippen LogP contribution in [0.4, 0.5) is 14.5 Å². The minimum Gasteiger partial charge on any atom is -0.480 e. The molecule has 3 aromatic rings. The zero-order valence-corrected chi connectivity index (χ0v) is 12.9. The summed E-state index contributed by atoms with van der Waals surface area (Å²) in [6, 6.07) is 16.4. The molecule has 1 N–H and O–H groups in total. The first-order valence-corrected chi connectivity index (χ1v) is 7.45.